The number of hydrogen-bond donors (Lipinski definition) is 2. The molecule has 29 heavy (non-hydrogen) atoms. The molecule has 3 aliphatic heterocycles. The third-order valence-electron chi connectivity index (χ3n) is 6.13. The molecule has 4 rings (SSSR count). The molecule has 5 atom stereocenters. The predicted octanol–water partition coefficient (Wildman–Crippen LogP) is 1.63. The van der Waals surface area contributed by atoms with E-state index < -0.39 is 30.8 Å². The summed E-state index contributed by atoms with van der Waals surface area (Å²) >= 11 is 0. The molecular weight excluding hydrogens is 382 g/mol. The van der Waals surface area contributed by atoms with Crippen LogP contribution in [0.5, 0.6) is 0 Å². The van der Waals surface area contributed by atoms with E-state index in [0.717, 1.165) is 0 Å². The van der Waals surface area contributed by atoms with Gasteiger partial charge in [-0.05, 0) is 18.1 Å². The second-order valence-electron chi connectivity index (χ2n) is 8.34. The molecule has 0 aromatic heterocycles. The Labute approximate surface area is 169 Å². The van der Waals surface area contributed by atoms with E-state index in [1.165, 1.54) is 16.0 Å². The molecule has 0 aliphatic carbocycles. The highest BCUT2D eigenvalue weighted by atomic mass is 19.3. The highest BCUT2D eigenvalue weighted by Gasteiger charge is 2.51. The number of nitrogens with zero attached hydrogens (tertiary/aromatic N) is 1. The Morgan fingerprint density at radius 1 is 1.34 bits per heavy atom. The molecule has 3 aliphatic rings. The Balaban J connectivity index is 1.22. The average Bonchev–Trinajstić information content (AvgIpc) is 3.31. The lowest BCUT2D eigenvalue weighted by molar-refractivity contribution is -0.135. The maximum absolute atomic E-state index is 13.3. The van der Waals surface area contributed by atoms with E-state index in [0.29, 0.717) is 19.5 Å². The SMILES string of the molecule is Cc1ccccc1CNCC1OC2CC(CC(=O)N3CCC(F)(F)C3)OC2C1O. The van der Waals surface area contributed by atoms with Crippen LogP contribution in [-0.2, 0) is 20.8 Å². The molecule has 0 bridgehead atoms. The van der Waals surface area contributed by atoms with E-state index in [9.17, 15) is 18.7 Å². The van der Waals surface area contributed by atoms with Crippen LogP contribution >= 0.6 is 0 Å². The largest absolute Gasteiger partial charge is 0.388 e. The topological polar surface area (TPSA) is 71.0 Å². The summed E-state index contributed by atoms with van der Waals surface area (Å²) in [5.74, 6) is -3.11. The van der Waals surface area contributed by atoms with E-state index in [4.69, 9.17) is 9.47 Å². The Kier molecular flexibility index (Phi) is 5.88. The first-order valence-electron chi connectivity index (χ1n) is 10.2. The lowest BCUT2D eigenvalue weighted by Crippen LogP contribution is -2.39. The van der Waals surface area contributed by atoms with Gasteiger partial charge in [0.05, 0.1) is 31.3 Å². The fourth-order valence-electron chi connectivity index (χ4n) is 4.44. The number of alkyl halides is 2. The molecule has 5 unspecified atom stereocenters. The molecule has 3 fully saturated rings. The number of halogens is 2. The summed E-state index contributed by atoms with van der Waals surface area (Å²) in [7, 11) is 0. The van der Waals surface area contributed by atoms with Crippen molar-refractivity contribution in [3.63, 3.8) is 0 Å². The van der Waals surface area contributed by atoms with E-state index in [1.54, 1.807) is 0 Å². The smallest absolute Gasteiger partial charge is 0.267 e. The molecular formula is C21H28F2N2O4. The zero-order valence-corrected chi connectivity index (χ0v) is 16.5. The van der Waals surface area contributed by atoms with E-state index in [-0.39, 0.29) is 37.5 Å². The first kappa shape index (κ1) is 20.7. The van der Waals surface area contributed by atoms with Crippen LogP contribution in [0.1, 0.15) is 30.4 Å². The Bertz CT molecular complexity index is 747. The molecule has 0 radical (unpaired) electrons. The summed E-state index contributed by atoms with van der Waals surface area (Å²) in [6, 6.07) is 8.11. The molecule has 3 saturated heterocycles. The molecule has 2 N–H and O–H groups in total. The van der Waals surface area contributed by atoms with E-state index >= 15 is 0 Å². The van der Waals surface area contributed by atoms with Gasteiger partial charge in [0.25, 0.3) is 5.92 Å². The second kappa shape index (κ2) is 8.26. The third-order valence-corrected chi connectivity index (χ3v) is 6.13. The maximum Gasteiger partial charge on any atom is 0.267 e. The molecule has 6 nitrogen and oxygen atoms in total. The van der Waals surface area contributed by atoms with Gasteiger partial charge in [-0.15, -0.1) is 0 Å². The van der Waals surface area contributed by atoms with Gasteiger partial charge in [0.15, 0.2) is 0 Å². The van der Waals surface area contributed by atoms with Gasteiger partial charge in [0.1, 0.15) is 12.2 Å². The summed E-state index contributed by atoms with van der Waals surface area (Å²) in [5, 5.41) is 13.9. The van der Waals surface area contributed by atoms with Gasteiger partial charge in [-0.2, -0.15) is 0 Å². The molecule has 1 amide bonds. The molecule has 8 heteroatoms. The van der Waals surface area contributed by atoms with E-state index in [1.807, 2.05) is 12.1 Å². The number of aliphatic hydroxyl groups excluding tert-OH is 1. The van der Waals surface area contributed by atoms with Crippen molar-refractivity contribution in [3.05, 3.63) is 35.4 Å². The number of hydrogen-bond acceptors (Lipinski definition) is 5. The van der Waals surface area contributed by atoms with Crippen molar-refractivity contribution in [2.24, 2.45) is 0 Å². The summed E-state index contributed by atoms with van der Waals surface area (Å²) in [6.07, 6.45) is -2.03. The van der Waals surface area contributed by atoms with Crippen LogP contribution in [0, 0.1) is 6.92 Å². The summed E-state index contributed by atoms with van der Waals surface area (Å²) in [6.45, 7) is 2.81. The van der Waals surface area contributed by atoms with Crippen LogP contribution < -0.4 is 5.32 Å². The van der Waals surface area contributed by atoms with Gasteiger partial charge in [-0.3, -0.25) is 4.79 Å². The number of aliphatic hydroxyl groups is 1. The number of aryl methyl sites for hydroxylation is 1. The predicted molar refractivity (Wildman–Crippen MR) is 102 cm³/mol. The summed E-state index contributed by atoms with van der Waals surface area (Å²) in [4.78, 5) is 13.5. The van der Waals surface area contributed by atoms with Gasteiger partial charge in [-0.25, -0.2) is 8.78 Å². The summed E-state index contributed by atoms with van der Waals surface area (Å²) < 4.78 is 38.4. The van der Waals surface area contributed by atoms with Crippen molar-refractivity contribution < 1.29 is 28.2 Å². The Morgan fingerprint density at radius 3 is 2.83 bits per heavy atom. The van der Waals surface area contributed by atoms with Gasteiger partial charge in [0, 0.05) is 32.5 Å². The highest BCUT2D eigenvalue weighted by Crippen LogP contribution is 2.36. The minimum Gasteiger partial charge on any atom is -0.388 e. The molecule has 1 aromatic rings. The van der Waals surface area contributed by atoms with Crippen LogP contribution in [-0.4, -0.2) is 72.0 Å². The van der Waals surface area contributed by atoms with Crippen LogP contribution in [0.15, 0.2) is 24.3 Å². The van der Waals surface area contributed by atoms with Crippen LogP contribution in [0.3, 0.4) is 0 Å². The monoisotopic (exact) mass is 410 g/mol. The number of benzene rings is 1. The zero-order valence-electron chi connectivity index (χ0n) is 16.5. The van der Waals surface area contributed by atoms with Crippen LogP contribution in [0.2, 0.25) is 0 Å². The minimum atomic E-state index is -2.79. The fourth-order valence-corrected chi connectivity index (χ4v) is 4.44. The lowest BCUT2D eigenvalue weighted by Gasteiger charge is -2.22. The fraction of sp³-hybridized carbons (Fsp3) is 0.667. The van der Waals surface area contributed by atoms with Crippen LogP contribution in [0.4, 0.5) is 8.78 Å². The second-order valence-corrected chi connectivity index (χ2v) is 8.34. The van der Waals surface area contributed by atoms with Crippen molar-refractivity contribution >= 4 is 5.91 Å². The highest BCUT2D eigenvalue weighted by molar-refractivity contribution is 5.77. The number of amides is 1. The van der Waals surface area contributed by atoms with Crippen molar-refractivity contribution in [1.82, 2.24) is 10.2 Å². The number of carbonyl (C=O) groups is 1. The van der Waals surface area contributed by atoms with Gasteiger partial charge in [0.2, 0.25) is 5.91 Å². The maximum atomic E-state index is 13.3. The molecule has 0 saturated carbocycles. The van der Waals surface area contributed by atoms with Crippen molar-refractivity contribution in [2.75, 3.05) is 19.6 Å². The van der Waals surface area contributed by atoms with Gasteiger partial charge < -0.3 is 24.8 Å². The number of nitrogens with one attached hydrogen (secondary N) is 1. The molecule has 3 heterocycles. The van der Waals surface area contributed by atoms with Crippen molar-refractivity contribution in [3.8, 4) is 0 Å². The molecule has 0 spiro atoms. The average molecular weight is 410 g/mol. The van der Waals surface area contributed by atoms with Crippen LogP contribution in [0.25, 0.3) is 0 Å². The first-order valence-corrected chi connectivity index (χ1v) is 10.2. The standard InChI is InChI=1S/C21H28F2N2O4/c1-13-4-2-3-5-14(13)10-24-11-17-19(27)20-16(29-17)8-15(28-20)9-18(26)25-7-6-21(22,23)12-25/h2-5,15-17,19-20,24,27H,6-12H2,1H3. The first-order chi connectivity index (χ1) is 13.8. The quantitative estimate of drug-likeness (QED) is 0.746. The van der Waals surface area contributed by atoms with Crippen molar-refractivity contribution in [2.45, 2.75) is 69.2 Å². The molecule has 1 aromatic carbocycles. The normalized spacial score (nSPS) is 33.2. The number of likely N-dealkylation sites (tertiary alicyclic amines) is 1. The molecule has 160 valence electrons. The minimum absolute atomic E-state index is 0.0510. The number of carbonyl (C=O) groups excluding carboxylic acids is 1. The number of rotatable bonds is 6. The lowest BCUT2D eigenvalue weighted by atomic mass is 10.1. The Morgan fingerprint density at radius 2 is 2.14 bits per heavy atom. The zero-order chi connectivity index (χ0) is 20.6. The number of fused-ring (bicyclic) bond motifs is 1. The van der Waals surface area contributed by atoms with Gasteiger partial charge in [-0.1, -0.05) is 24.3 Å². The van der Waals surface area contributed by atoms with Gasteiger partial charge >= 0.3 is 0 Å². The summed E-state index contributed by atoms with van der Waals surface area (Å²) in [5.41, 5.74) is 2.40. The van der Waals surface area contributed by atoms with Crippen molar-refractivity contribution in [1.29, 1.82) is 0 Å². The van der Waals surface area contributed by atoms with E-state index in [2.05, 4.69) is 24.4 Å². The third kappa shape index (κ3) is 4.60. The Hall–Kier alpha value is -1.61. The number of ether oxygens (including phenoxy) is 2.